The summed E-state index contributed by atoms with van der Waals surface area (Å²) >= 11 is 0. The lowest BCUT2D eigenvalue weighted by Crippen LogP contribution is -2.27. The largest absolute Gasteiger partial charge is 0.472 e. The molecule has 0 aromatic carbocycles. The highest BCUT2D eigenvalue weighted by Crippen LogP contribution is 2.21. The Morgan fingerprint density at radius 2 is 2.23 bits per heavy atom. The van der Waals surface area contributed by atoms with Crippen molar-refractivity contribution in [3.8, 4) is 6.07 Å². The Balaban J connectivity index is 2.72. The van der Waals surface area contributed by atoms with Crippen molar-refractivity contribution in [2.24, 2.45) is 0 Å². The molecule has 0 spiro atoms. The van der Waals surface area contributed by atoms with Gasteiger partial charge in [-0.05, 0) is 25.7 Å². The van der Waals surface area contributed by atoms with Crippen molar-refractivity contribution >= 4 is 8.32 Å². The van der Waals surface area contributed by atoms with Crippen molar-refractivity contribution in [1.82, 2.24) is 0 Å². The van der Waals surface area contributed by atoms with Gasteiger partial charge < -0.3 is 8.84 Å². The maximum atomic E-state index is 8.87. The van der Waals surface area contributed by atoms with Crippen molar-refractivity contribution in [3.05, 3.63) is 24.2 Å². The Morgan fingerprint density at radius 3 is 2.62 bits per heavy atom. The normalized spacial score (nSPS) is 13.7. The summed E-state index contributed by atoms with van der Waals surface area (Å²) in [6.45, 7) is 6.16. The van der Waals surface area contributed by atoms with Crippen LogP contribution in [0.25, 0.3) is 0 Å². The van der Waals surface area contributed by atoms with E-state index in [-0.39, 0.29) is 0 Å². The number of nitrogens with zero attached hydrogens (tertiary/aromatic N) is 1. The van der Waals surface area contributed by atoms with E-state index in [0.29, 0.717) is 0 Å². The van der Waals surface area contributed by atoms with Crippen molar-refractivity contribution in [1.29, 1.82) is 5.26 Å². The first-order valence-corrected chi connectivity index (χ1v) is 7.53. The van der Waals surface area contributed by atoms with E-state index in [2.05, 4.69) is 25.7 Å². The molecule has 0 aliphatic carbocycles. The molecule has 0 aliphatic heterocycles. The molecule has 0 unspecified atom stereocenters. The summed E-state index contributed by atoms with van der Waals surface area (Å²) in [5, 5.41) is 8.87. The first-order valence-electron chi connectivity index (χ1n) is 4.12. The fourth-order valence-corrected chi connectivity index (χ4v) is 1.84. The molecule has 3 nitrogen and oxygen atoms in total. The van der Waals surface area contributed by atoms with Crippen LogP contribution in [-0.2, 0) is 4.43 Å². The van der Waals surface area contributed by atoms with E-state index in [9.17, 15) is 0 Å². The van der Waals surface area contributed by atoms with Gasteiger partial charge in [0.15, 0.2) is 14.4 Å². The van der Waals surface area contributed by atoms with Crippen molar-refractivity contribution < 1.29 is 8.84 Å². The van der Waals surface area contributed by atoms with E-state index < -0.39 is 14.4 Å². The third kappa shape index (κ3) is 3.05. The van der Waals surface area contributed by atoms with Crippen LogP contribution in [0.15, 0.2) is 23.0 Å². The average Bonchev–Trinajstić information content (AvgIpc) is 2.50. The predicted molar refractivity (Wildman–Crippen MR) is 51.5 cm³/mol. The molecule has 0 amide bonds. The molecule has 4 heteroatoms. The fraction of sp³-hybridized carbons (Fsp3) is 0.444. The van der Waals surface area contributed by atoms with Gasteiger partial charge in [0, 0.05) is 5.56 Å². The standard InChI is InChI=1S/C9H13NO2Si/c1-13(2,3)12-9(6-10)8-4-5-11-7-8/h4-5,7,9H,1-3H3/t9-/m1/s1. The molecule has 1 rings (SSSR count). The summed E-state index contributed by atoms with van der Waals surface area (Å²) in [5.41, 5.74) is 0.796. The van der Waals surface area contributed by atoms with Crippen LogP contribution in [0, 0.1) is 11.3 Å². The zero-order valence-corrected chi connectivity index (χ0v) is 9.07. The monoisotopic (exact) mass is 195 g/mol. The first-order chi connectivity index (χ1) is 6.03. The lowest BCUT2D eigenvalue weighted by atomic mass is 10.2. The number of furan rings is 1. The minimum atomic E-state index is -1.66. The molecule has 0 saturated heterocycles. The molecule has 0 saturated carbocycles. The van der Waals surface area contributed by atoms with Gasteiger partial charge in [-0.15, -0.1) is 0 Å². The Bertz CT molecular complexity index is 294. The summed E-state index contributed by atoms with van der Waals surface area (Å²) in [5.74, 6) is 0. The van der Waals surface area contributed by atoms with Gasteiger partial charge in [-0.2, -0.15) is 5.26 Å². The van der Waals surface area contributed by atoms with E-state index in [1.54, 1.807) is 18.6 Å². The predicted octanol–water partition coefficient (Wildman–Crippen LogP) is 2.70. The lowest BCUT2D eigenvalue weighted by Gasteiger charge is -2.20. The number of hydrogen-bond acceptors (Lipinski definition) is 3. The molecular formula is C9H13NO2Si. The minimum absolute atomic E-state index is 0.481. The Kier molecular flexibility index (Phi) is 2.91. The van der Waals surface area contributed by atoms with Gasteiger partial charge in [-0.3, -0.25) is 0 Å². The highest BCUT2D eigenvalue weighted by atomic mass is 28.4. The summed E-state index contributed by atoms with van der Waals surface area (Å²) in [6, 6.07) is 3.87. The SMILES string of the molecule is C[Si](C)(C)O[C@H](C#N)c1ccoc1. The van der Waals surface area contributed by atoms with Gasteiger partial charge in [0.1, 0.15) is 0 Å². The molecule has 0 bridgehead atoms. The topological polar surface area (TPSA) is 46.2 Å². The molecule has 0 radical (unpaired) electrons. The maximum absolute atomic E-state index is 8.87. The highest BCUT2D eigenvalue weighted by Gasteiger charge is 2.22. The van der Waals surface area contributed by atoms with Crippen molar-refractivity contribution in [3.63, 3.8) is 0 Å². The second-order valence-electron chi connectivity index (χ2n) is 3.80. The van der Waals surface area contributed by atoms with Crippen LogP contribution in [0.1, 0.15) is 11.7 Å². The number of hydrogen-bond donors (Lipinski definition) is 0. The third-order valence-corrected chi connectivity index (χ3v) is 2.38. The fourth-order valence-electron chi connectivity index (χ4n) is 0.947. The molecule has 1 aromatic rings. The van der Waals surface area contributed by atoms with Crippen LogP contribution in [0.5, 0.6) is 0 Å². The maximum Gasteiger partial charge on any atom is 0.186 e. The van der Waals surface area contributed by atoms with Gasteiger partial charge in [0.2, 0.25) is 0 Å². The van der Waals surface area contributed by atoms with Crippen LogP contribution in [-0.4, -0.2) is 8.32 Å². The summed E-state index contributed by atoms with van der Waals surface area (Å²) in [7, 11) is -1.66. The third-order valence-electron chi connectivity index (χ3n) is 1.43. The quantitative estimate of drug-likeness (QED) is 0.697. The summed E-state index contributed by atoms with van der Waals surface area (Å²) in [6.07, 6.45) is 2.62. The van der Waals surface area contributed by atoms with Crippen molar-refractivity contribution in [2.75, 3.05) is 0 Å². The van der Waals surface area contributed by atoms with Gasteiger partial charge in [-0.25, -0.2) is 0 Å². The second kappa shape index (κ2) is 3.77. The first kappa shape index (κ1) is 10.0. The molecule has 70 valence electrons. The van der Waals surface area contributed by atoms with E-state index in [4.69, 9.17) is 14.1 Å². The van der Waals surface area contributed by atoms with E-state index in [1.165, 1.54) is 0 Å². The zero-order chi connectivity index (χ0) is 9.90. The van der Waals surface area contributed by atoms with Gasteiger partial charge in [0.05, 0.1) is 18.6 Å². The lowest BCUT2D eigenvalue weighted by molar-refractivity contribution is 0.254. The molecular weight excluding hydrogens is 182 g/mol. The molecule has 0 fully saturated rings. The molecule has 0 N–H and O–H groups in total. The van der Waals surface area contributed by atoms with Gasteiger partial charge in [0.25, 0.3) is 0 Å². The number of rotatable bonds is 3. The summed E-state index contributed by atoms with van der Waals surface area (Å²) < 4.78 is 10.5. The number of nitriles is 1. The molecule has 1 atom stereocenters. The molecule has 13 heavy (non-hydrogen) atoms. The van der Waals surface area contributed by atoms with Crippen LogP contribution in [0.3, 0.4) is 0 Å². The van der Waals surface area contributed by atoms with E-state index in [1.807, 2.05) is 0 Å². The van der Waals surface area contributed by atoms with Crippen LogP contribution >= 0.6 is 0 Å². The van der Waals surface area contributed by atoms with Crippen LogP contribution < -0.4 is 0 Å². The Hall–Kier alpha value is -1.05. The van der Waals surface area contributed by atoms with E-state index in [0.717, 1.165) is 5.56 Å². The molecule has 1 aromatic heterocycles. The van der Waals surface area contributed by atoms with Crippen LogP contribution in [0.4, 0.5) is 0 Å². The molecule has 0 aliphatic rings. The zero-order valence-electron chi connectivity index (χ0n) is 8.07. The average molecular weight is 195 g/mol. The van der Waals surface area contributed by atoms with Gasteiger partial charge in [-0.1, -0.05) is 0 Å². The highest BCUT2D eigenvalue weighted by molar-refractivity contribution is 6.69. The summed E-state index contributed by atoms with van der Waals surface area (Å²) in [4.78, 5) is 0. The molecule has 1 heterocycles. The smallest absolute Gasteiger partial charge is 0.186 e. The van der Waals surface area contributed by atoms with E-state index >= 15 is 0 Å². The Labute approximate surface area is 79.1 Å². The second-order valence-corrected chi connectivity index (χ2v) is 8.26. The van der Waals surface area contributed by atoms with Crippen LogP contribution in [0.2, 0.25) is 19.6 Å². The minimum Gasteiger partial charge on any atom is -0.472 e. The van der Waals surface area contributed by atoms with Crippen molar-refractivity contribution in [2.45, 2.75) is 25.7 Å². The van der Waals surface area contributed by atoms with Gasteiger partial charge >= 0.3 is 0 Å². The Morgan fingerprint density at radius 1 is 1.54 bits per heavy atom.